The van der Waals surface area contributed by atoms with Gasteiger partial charge in [-0.1, -0.05) is 24.3 Å². The van der Waals surface area contributed by atoms with Crippen molar-refractivity contribution in [1.29, 1.82) is 0 Å². The van der Waals surface area contributed by atoms with E-state index in [4.69, 9.17) is 9.47 Å². The van der Waals surface area contributed by atoms with Crippen LogP contribution in [-0.4, -0.2) is 65.8 Å². The van der Waals surface area contributed by atoms with Gasteiger partial charge in [-0.2, -0.15) is 0 Å². The number of fused-ring (bicyclic) bond motifs is 2. The van der Waals surface area contributed by atoms with E-state index in [1.165, 1.54) is 23.0 Å². The molecule has 0 spiro atoms. The van der Waals surface area contributed by atoms with Crippen molar-refractivity contribution in [3.63, 3.8) is 0 Å². The third-order valence-corrected chi connectivity index (χ3v) is 6.58. The predicted octanol–water partition coefficient (Wildman–Crippen LogP) is 3.05. The Balaban J connectivity index is 2.02. The second-order valence-corrected chi connectivity index (χ2v) is 8.86. The zero-order valence-electron chi connectivity index (χ0n) is 20.4. The Labute approximate surface area is 204 Å². The summed E-state index contributed by atoms with van der Waals surface area (Å²) in [6.45, 7) is -0.0262. The Morgan fingerprint density at radius 3 is 2.51 bits per heavy atom. The van der Waals surface area contributed by atoms with Crippen LogP contribution in [-0.2, 0) is 22.6 Å². The van der Waals surface area contributed by atoms with Crippen LogP contribution in [0.4, 0.5) is 0 Å². The number of ether oxygens (including phenoxy) is 2. The number of hydrogen-bond acceptors (Lipinski definition) is 7. The number of aliphatic carboxylic acids is 1. The van der Waals surface area contributed by atoms with Gasteiger partial charge in [0.15, 0.2) is 5.78 Å². The maximum Gasteiger partial charge on any atom is 0.364 e. The molecule has 1 unspecified atom stereocenters. The van der Waals surface area contributed by atoms with E-state index in [0.717, 1.165) is 11.1 Å². The molecule has 0 radical (unpaired) electrons. The van der Waals surface area contributed by atoms with Gasteiger partial charge in [0.1, 0.15) is 11.5 Å². The summed E-state index contributed by atoms with van der Waals surface area (Å²) in [6.07, 6.45) is 3.21. The summed E-state index contributed by atoms with van der Waals surface area (Å²) in [5.74, 6) is -0.472. The molecule has 2 aromatic carbocycles. The summed E-state index contributed by atoms with van der Waals surface area (Å²) in [4.78, 5) is 29.0. The number of nitrogens with zero attached hydrogens (tertiary/aromatic N) is 2. The molecular formula is C27H30N2O6. The minimum absolute atomic E-state index is 0.0262. The second kappa shape index (κ2) is 9.46. The summed E-state index contributed by atoms with van der Waals surface area (Å²) >= 11 is 0. The largest absolute Gasteiger partial charge is 0.497 e. The quantitative estimate of drug-likeness (QED) is 0.654. The van der Waals surface area contributed by atoms with Crippen molar-refractivity contribution < 1.29 is 29.3 Å². The van der Waals surface area contributed by atoms with Crippen LogP contribution >= 0.6 is 0 Å². The van der Waals surface area contributed by atoms with E-state index in [1.807, 2.05) is 24.3 Å². The minimum atomic E-state index is -2.43. The fraction of sp³-hybridized carbons (Fsp3) is 0.333. The lowest BCUT2D eigenvalue weighted by Crippen LogP contribution is -2.59. The van der Waals surface area contributed by atoms with Gasteiger partial charge in [0.25, 0.3) is 5.72 Å². The lowest BCUT2D eigenvalue weighted by molar-refractivity contribution is -0.172. The first-order chi connectivity index (χ1) is 16.7. The Kier molecular flexibility index (Phi) is 6.58. The molecule has 184 valence electrons. The van der Waals surface area contributed by atoms with E-state index in [0.29, 0.717) is 47.6 Å². The Hall–Kier alpha value is -3.78. The van der Waals surface area contributed by atoms with Crippen molar-refractivity contribution in [3.05, 3.63) is 76.5 Å². The van der Waals surface area contributed by atoms with Gasteiger partial charge in [0.05, 0.1) is 32.2 Å². The van der Waals surface area contributed by atoms with Crippen LogP contribution in [0, 0.1) is 0 Å². The molecule has 1 heterocycles. The molecule has 1 aliphatic heterocycles. The fourth-order valence-corrected chi connectivity index (χ4v) is 4.81. The first kappa shape index (κ1) is 24.3. The van der Waals surface area contributed by atoms with Gasteiger partial charge in [0.2, 0.25) is 0 Å². The number of rotatable bonds is 6. The summed E-state index contributed by atoms with van der Waals surface area (Å²) in [5.41, 5.74) is 0.817. The smallest absolute Gasteiger partial charge is 0.364 e. The maximum atomic E-state index is 13.3. The average Bonchev–Trinajstić information content (AvgIpc) is 2.84. The van der Waals surface area contributed by atoms with Crippen LogP contribution in [0.2, 0.25) is 0 Å². The van der Waals surface area contributed by atoms with Crippen molar-refractivity contribution in [3.8, 4) is 11.5 Å². The number of allylic oxidation sites excluding steroid dienone is 2. The Morgan fingerprint density at radius 1 is 1.11 bits per heavy atom. The molecule has 0 saturated heterocycles. The number of aryl methyl sites for hydroxylation is 1. The highest BCUT2D eigenvalue weighted by atomic mass is 16.5. The van der Waals surface area contributed by atoms with E-state index in [1.54, 1.807) is 39.4 Å². The van der Waals surface area contributed by atoms with Crippen LogP contribution in [0.25, 0.3) is 5.70 Å². The molecule has 0 bridgehead atoms. The number of carbonyl (C=O) groups excluding carboxylic acids is 1. The number of hydrogen-bond donors (Lipinski definition) is 2. The van der Waals surface area contributed by atoms with Crippen molar-refractivity contribution in [2.45, 2.75) is 31.5 Å². The lowest BCUT2D eigenvalue weighted by Gasteiger charge is -2.46. The van der Waals surface area contributed by atoms with Gasteiger partial charge in [-0.25, -0.2) is 4.79 Å². The molecule has 0 fully saturated rings. The number of carboxylic acids is 1. The minimum Gasteiger partial charge on any atom is -0.497 e. The zero-order chi connectivity index (χ0) is 25.3. The molecule has 8 nitrogen and oxygen atoms in total. The van der Waals surface area contributed by atoms with Gasteiger partial charge < -0.3 is 29.5 Å². The zero-order valence-corrected chi connectivity index (χ0v) is 20.4. The van der Waals surface area contributed by atoms with E-state index < -0.39 is 11.7 Å². The molecule has 2 aromatic rings. The van der Waals surface area contributed by atoms with E-state index >= 15 is 0 Å². The molecule has 2 N–H and O–H groups in total. The van der Waals surface area contributed by atoms with Crippen LogP contribution in [0.5, 0.6) is 11.5 Å². The van der Waals surface area contributed by atoms with Crippen molar-refractivity contribution in [2.24, 2.45) is 0 Å². The molecule has 2 aliphatic rings. The third kappa shape index (κ3) is 4.14. The average molecular weight is 479 g/mol. The molecule has 4 rings (SSSR count). The van der Waals surface area contributed by atoms with Gasteiger partial charge in [-0.3, -0.25) is 4.79 Å². The van der Waals surface area contributed by atoms with Crippen molar-refractivity contribution >= 4 is 17.4 Å². The number of likely N-dealkylation sites (N-methyl/N-ethyl adjacent to an activating group) is 1. The summed E-state index contributed by atoms with van der Waals surface area (Å²) in [7, 11) is 6.37. The van der Waals surface area contributed by atoms with Crippen LogP contribution in [0.3, 0.4) is 0 Å². The highest BCUT2D eigenvalue weighted by molar-refractivity contribution is 6.07. The van der Waals surface area contributed by atoms with E-state index in [-0.39, 0.29) is 18.0 Å². The first-order valence-electron chi connectivity index (χ1n) is 11.4. The highest BCUT2D eigenvalue weighted by Crippen LogP contribution is 2.44. The highest BCUT2D eigenvalue weighted by Gasteiger charge is 2.52. The van der Waals surface area contributed by atoms with Crippen molar-refractivity contribution in [1.82, 2.24) is 9.80 Å². The fourth-order valence-electron chi connectivity index (χ4n) is 4.81. The third-order valence-electron chi connectivity index (χ3n) is 6.58. The summed E-state index contributed by atoms with van der Waals surface area (Å²) in [6, 6.07) is 12.8. The van der Waals surface area contributed by atoms with Crippen molar-refractivity contribution in [2.75, 3.05) is 28.3 Å². The molecule has 0 aromatic heterocycles. The summed E-state index contributed by atoms with van der Waals surface area (Å²) in [5, 5.41) is 22.3. The number of methoxy groups -OCH3 is 2. The Morgan fingerprint density at radius 2 is 1.86 bits per heavy atom. The molecule has 1 atom stereocenters. The SMILES string of the molecule is COc1ccc(CN2C3=C(C=C(N(C)C)C2(O)C(=O)O)C(=O)CCCc2ccccc23)c(OC)c1. The lowest BCUT2D eigenvalue weighted by atomic mass is 9.84. The number of Topliss-reactive ketones (excluding diaryl/α,β-unsaturated/α-hetero) is 1. The normalized spacial score (nSPS) is 19.7. The van der Waals surface area contributed by atoms with Gasteiger partial charge in [0, 0.05) is 43.3 Å². The van der Waals surface area contributed by atoms with Crippen LogP contribution < -0.4 is 9.47 Å². The first-order valence-corrected chi connectivity index (χ1v) is 11.4. The van der Waals surface area contributed by atoms with Gasteiger partial charge >= 0.3 is 5.97 Å². The molecule has 0 amide bonds. The van der Waals surface area contributed by atoms with Gasteiger partial charge in [-0.15, -0.1) is 0 Å². The van der Waals surface area contributed by atoms with E-state index in [2.05, 4.69) is 0 Å². The monoisotopic (exact) mass is 478 g/mol. The maximum absolute atomic E-state index is 13.3. The molecular weight excluding hydrogens is 448 g/mol. The van der Waals surface area contributed by atoms with Gasteiger partial charge in [-0.05, 0) is 36.6 Å². The molecule has 0 saturated carbocycles. The molecule has 1 aliphatic carbocycles. The number of aliphatic hydroxyl groups is 1. The Bertz CT molecular complexity index is 1230. The predicted molar refractivity (Wildman–Crippen MR) is 131 cm³/mol. The van der Waals surface area contributed by atoms with E-state index in [9.17, 15) is 19.8 Å². The van der Waals surface area contributed by atoms with Crippen LogP contribution in [0.1, 0.15) is 29.5 Å². The summed E-state index contributed by atoms with van der Waals surface area (Å²) < 4.78 is 10.9. The van der Waals surface area contributed by atoms with Crippen LogP contribution in [0.15, 0.2) is 59.8 Å². The number of ketones is 1. The molecule has 8 heteroatoms. The number of carbonyl (C=O) groups is 2. The molecule has 35 heavy (non-hydrogen) atoms. The number of benzene rings is 2. The standard InChI is InChI=1S/C27H30N2O6/c1-28(2)24-15-21-22(30)11-7-9-17-8-5-6-10-20(17)25(21)29(27(24,33)26(31)32)16-18-12-13-19(34-3)14-23(18)35-4/h5-6,8,10,12-15,33H,7,9,11,16H2,1-4H3,(H,31,32). The second-order valence-electron chi connectivity index (χ2n) is 8.86. The number of carboxylic acid groups (broad SMARTS) is 1. The topological polar surface area (TPSA) is 99.5 Å².